The third-order valence-corrected chi connectivity index (χ3v) is 20.9. The number of halogens is 5. The van der Waals surface area contributed by atoms with Crippen molar-refractivity contribution in [1.82, 2.24) is 44.9 Å². The summed E-state index contributed by atoms with van der Waals surface area (Å²) in [4.78, 5) is 38.4. The molecule has 0 unspecified atom stereocenters. The summed E-state index contributed by atoms with van der Waals surface area (Å²) in [6.07, 6.45) is 11.5. The van der Waals surface area contributed by atoms with Crippen LogP contribution < -0.4 is 0 Å². The van der Waals surface area contributed by atoms with Crippen LogP contribution in [0.3, 0.4) is 0 Å². The number of nitrogens with zero attached hydrogens (tertiary/aromatic N) is 9. The molecule has 9 nitrogen and oxygen atoms in total. The van der Waals surface area contributed by atoms with Gasteiger partial charge in [-0.25, -0.2) is 0 Å². The molecule has 22 rings (SSSR count). The number of benzene rings is 13. The van der Waals surface area contributed by atoms with Gasteiger partial charge in [-0.15, -0.1) is 291 Å². The predicted molar refractivity (Wildman–Crippen MR) is 550 cm³/mol. The summed E-state index contributed by atoms with van der Waals surface area (Å²) >= 11 is 0. The average Bonchev–Trinajstić information content (AvgIpc) is 0.810. The maximum atomic E-state index is 12.9. The first-order valence-corrected chi connectivity index (χ1v) is 44.4. The molecule has 9 radical (unpaired) electrons. The van der Waals surface area contributed by atoms with Crippen molar-refractivity contribution in [1.29, 1.82) is 0 Å². The third-order valence-electron chi connectivity index (χ3n) is 20.9. The van der Waals surface area contributed by atoms with Gasteiger partial charge in [-0.05, 0) is 135 Å². The van der Waals surface area contributed by atoms with E-state index in [0.29, 0.717) is 11.3 Å². The molecule has 0 amide bonds. The van der Waals surface area contributed by atoms with E-state index in [4.69, 9.17) is 0 Å². The maximum Gasteiger partial charge on any atom is 0.381 e. The molecule has 0 fully saturated rings. The van der Waals surface area contributed by atoms with Crippen LogP contribution in [0.2, 0.25) is 0 Å². The molecule has 759 valence electrons. The minimum Gasteiger partial charge on any atom is -0.305 e. The van der Waals surface area contributed by atoms with E-state index in [1.165, 1.54) is 74.8 Å². The number of hydrogen-bond acceptors (Lipinski definition) is 9. The molecule has 9 heterocycles. The summed E-state index contributed by atoms with van der Waals surface area (Å²) < 4.78 is 62.3. The SMILES string of the molecule is Cc1c[c-]c(-c2ccccn2)cc1.Cc1ccc[c-]c1-c1ccccn1.Cc1cccnc1-c1[c-]cccc1.FC(F)(F)c1c[c-]c(-c2ccccn2)cc1.Fc1c[c-]c(-c2ccccn2)cc1.Fc1c[c-]c(-c2nccc3ccccc23)cc1.[Ir].[Ir].[Ir].[Ir].[Ir].[Ir].[Ir].[Ir].[Ir].[c-]1cc(-c2ccccc2)ccc1-c1ccccn1.[c-]1ccc(-c2ccccc2)cc1-c1ccccn1.[c-]1cccc(-c2ccccc2)c1-c1ccccn1. The van der Waals surface area contributed by atoms with Gasteiger partial charge in [0.2, 0.25) is 0 Å². The normalized spacial score (nSPS) is 9.68. The van der Waals surface area contributed by atoms with E-state index in [2.05, 4.69) is 205 Å². The van der Waals surface area contributed by atoms with Crippen LogP contribution in [-0.4, -0.2) is 44.9 Å². The van der Waals surface area contributed by atoms with Crippen LogP contribution in [0.25, 0.3) is 145 Å². The second kappa shape index (κ2) is 68.6. The molecule has 13 aromatic carbocycles. The summed E-state index contributed by atoms with van der Waals surface area (Å²) in [6.45, 7) is 6.18. The van der Waals surface area contributed by atoms with Gasteiger partial charge in [0.25, 0.3) is 0 Å². The average molecular weight is 3540 g/mol. The molecule has 0 saturated carbocycles. The smallest absolute Gasteiger partial charge is 0.305 e. The Morgan fingerprint density at radius 2 is 0.595 bits per heavy atom. The maximum absolute atomic E-state index is 12.9. The largest absolute Gasteiger partial charge is 0.381 e. The number of rotatable bonds is 12. The Bertz CT molecular complexity index is 7060. The summed E-state index contributed by atoms with van der Waals surface area (Å²) in [6, 6.07) is 163. The van der Waals surface area contributed by atoms with E-state index in [0.717, 1.165) is 119 Å². The number of aromatic nitrogens is 9. The summed E-state index contributed by atoms with van der Waals surface area (Å²) in [5.74, 6) is -0.561. The number of hydrogen-bond donors (Lipinski definition) is 0. The third kappa shape index (κ3) is 39.8. The van der Waals surface area contributed by atoms with Gasteiger partial charge >= 0.3 is 6.18 Å². The van der Waals surface area contributed by atoms with Crippen molar-refractivity contribution in [3.63, 3.8) is 0 Å². The Labute approximate surface area is 984 Å². The molecule has 0 N–H and O–H groups in total. The Kier molecular flexibility index (Phi) is 58.6. The van der Waals surface area contributed by atoms with Gasteiger partial charge in [-0.3, -0.25) is 8.78 Å². The Hall–Kier alpha value is -12.0. The van der Waals surface area contributed by atoms with Crippen molar-refractivity contribution >= 4 is 10.8 Å². The van der Waals surface area contributed by atoms with Crippen LogP contribution in [0.5, 0.6) is 0 Å². The molecule has 0 atom stereocenters. The fourth-order valence-electron chi connectivity index (χ4n) is 13.9. The van der Waals surface area contributed by atoms with E-state index in [9.17, 15) is 22.0 Å². The molecule has 0 bridgehead atoms. The minimum atomic E-state index is -4.32. The molecule has 0 aliphatic carbocycles. The summed E-state index contributed by atoms with van der Waals surface area (Å²) in [7, 11) is 0. The van der Waals surface area contributed by atoms with Crippen molar-refractivity contribution in [3.05, 3.63) is 575 Å². The van der Waals surface area contributed by atoms with Crippen molar-refractivity contribution in [2.45, 2.75) is 26.9 Å². The molecule has 23 heteroatoms. The van der Waals surface area contributed by atoms with E-state index >= 15 is 0 Å². The van der Waals surface area contributed by atoms with Gasteiger partial charge in [0.15, 0.2) is 0 Å². The van der Waals surface area contributed by atoms with Gasteiger partial charge in [0, 0.05) is 248 Å². The first-order chi connectivity index (χ1) is 68.2. The van der Waals surface area contributed by atoms with E-state index in [1.807, 2.05) is 285 Å². The standard InChI is InChI=1S/3C17H12N.C15H9FN.C12H7F3N.3C12H10N.C11H7FN.9Ir/c1-2-8-14(9-3-1)15-10-4-5-11-16(15)17-12-6-7-13-18-17;1-2-7-14(8-3-1)15-9-6-10-16(13-15)17-11-4-5-12-18-17;1-2-6-14(7-3-1)15-9-11-16(12-10-15)17-8-4-5-13-18-17;16-13-7-5-12(6-8-13)15-14-4-2-1-3-11(14)9-10-17-15;13-12(14,15)10-6-4-9(5-7-10)11-3-1-2-8-16-11;1-10-6-2-3-7-11(10)12-8-4-5-9-13-12;1-10-5-7-11(8-6-10)12-4-2-3-9-13-12;1-10-6-5-9-13-12(10)11-7-3-2-4-8-11;12-10-6-4-9(5-7-10)11-3-1-2-8-13-11;;;;;;;;;/h1-10,12-13H;1-9,11-13H;1-11,13H;1-5,7-10H;1-4,6-8H;2-6,8-9H,1H3;2*2-7,9H,1H3;1-4,6-8H;;;;;;;;;/q9*-1;;;;;;;;;. The van der Waals surface area contributed by atoms with E-state index < -0.39 is 11.7 Å². The molecule has 22 aromatic rings. The zero-order chi connectivity index (χ0) is 96.3. The van der Waals surface area contributed by atoms with Gasteiger partial charge in [-0.2, -0.15) is 13.2 Å². The second-order valence-electron chi connectivity index (χ2n) is 30.7. The van der Waals surface area contributed by atoms with Crippen molar-refractivity contribution in [2.75, 3.05) is 0 Å². The van der Waals surface area contributed by atoms with Crippen LogP contribution in [-0.2, 0) is 187 Å². The molecular weight excluding hydrogens is 3450 g/mol. The van der Waals surface area contributed by atoms with Gasteiger partial charge < -0.3 is 44.9 Å². The Morgan fingerprint density at radius 3 is 1.03 bits per heavy atom. The van der Waals surface area contributed by atoms with Crippen LogP contribution in [0.4, 0.5) is 22.0 Å². The van der Waals surface area contributed by atoms with Crippen molar-refractivity contribution in [3.8, 4) is 135 Å². The molecule has 0 aliphatic heterocycles. The number of pyridine rings is 9. The summed E-state index contributed by atoms with van der Waals surface area (Å²) in [5.41, 5.74) is 26.6. The molecule has 0 aliphatic rings. The monoisotopic (exact) mass is 3550 g/mol. The fourth-order valence-corrected chi connectivity index (χ4v) is 13.9. The molecular formula is C125H89F5Ir9N9-9. The fraction of sp³-hybridized carbons (Fsp3) is 0.0320. The summed E-state index contributed by atoms with van der Waals surface area (Å²) in [5, 5.41) is 2.17. The molecule has 0 saturated heterocycles. The van der Waals surface area contributed by atoms with Gasteiger partial charge in [-0.1, -0.05) is 248 Å². The molecule has 9 aromatic heterocycles. The van der Waals surface area contributed by atoms with Crippen LogP contribution in [0.15, 0.2) is 486 Å². The topological polar surface area (TPSA) is 116 Å². The Balaban J connectivity index is 0.000000291. The predicted octanol–water partition coefficient (Wildman–Crippen LogP) is 31.3. The van der Waals surface area contributed by atoms with Gasteiger partial charge in [0.1, 0.15) is 0 Å². The zero-order valence-corrected chi connectivity index (χ0v) is 101. The van der Waals surface area contributed by atoms with E-state index in [1.54, 1.807) is 73.7 Å². The van der Waals surface area contributed by atoms with E-state index in [-0.39, 0.29) is 193 Å². The molecule has 148 heavy (non-hydrogen) atoms. The molecule has 0 spiro atoms. The number of aryl methyl sites for hydroxylation is 3. The van der Waals surface area contributed by atoms with Gasteiger partial charge in [0.05, 0.1) is 0 Å². The zero-order valence-electron chi connectivity index (χ0n) is 79.1. The first kappa shape index (κ1) is 126. The second-order valence-corrected chi connectivity index (χ2v) is 30.7. The van der Waals surface area contributed by atoms with Crippen molar-refractivity contribution in [2.24, 2.45) is 0 Å². The van der Waals surface area contributed by atoms with Crippen LogP contribution in [0, 0.1) is 87.0 Å². The van der Waals surface area contributed by atoms with Crippen LogP contribution in [0.1, 0.15) is 22.3 Å². The first-order valence-electron chi connectivity index (χ1n) is 44.4. The minimum absolute atomic E-state index is 0. The Morgan fingerprint density at radius 1 is 0.216 bits per heavy atom. The number of fused-ring (bicyclic) bond motifs is 1. The quantitative estimate of drug-likeness (QED) is 0.0871. The van der Waals surface area contributed by atoms with Crippen LogP contribution >= 0.6 is 0 Å². The number of alkyl halides is 3. The van der Waals surface area contributed by atoms with Crippen molar-refractivity contribution < 1.29 is 203 Å².